The zero-order valence-electron chi connectivity index (χ0n) is 77.1. The molecular weight excluding hydrogens is 2500 g/mol. The van der Waals surface area contributed by atoms with Gasteiger partial charge in [0.25, 0.3) is 49.2 Å². The van der Waals surface area contributed by atoms with Gasteiger partial charge >= 0.3 is 169 Å². The molecule has 0 atom stereocenters. The monoisotopic (exact) mass is 2640 g/mol. The third-order valence-electron chi connectivity index (χ3n) is 24.2. The van der Waals surface area contributed by atoms with E-state index in [1.54, 1.807) is 0 Å². The van der Waals surface area contributed by atoms with Crippen LogP contribution < -0.4 is 44.8 Å². The first-order chi connectivity index (χ1) is 59.0. The smallest absolute Gasteiger partial charge is 0.437 e. The summed E-state index contributed by atoms with van der Waals surface area (Å²) in [5.74, 6) is 0. The van der Waals surface area contributed by atoms with Crippen LogP contribution in [0, 0.1) is 30.3 Å². The van der Waals surface area contributed by atoms with Gasteiger partial charge in [-0.05, 0) is 119 Å². The summed E-state index contributed by atoms with van der Waals surface area (Å²) in [6.07, 6.45) is 12.7. The Morgan fingerprint density at radius 2 is 0.421 bits per heavy atom. The maximum absolute atomic E-state index is 3.45. The number of nitrogens with zero attached hydrogens (tertiary/aromatic N) is 15. The van der Waals surface area contributed by atoms with E-state index in [1.165, 1.54) is 121 Å². The van der Waals surface area contributed by atoms with Crippen LogP contribution in [-0.2, 0) is 99.0 Å². The Balaban J connectivity index is 0.000000241. The zero-order chi connectivity index (χ0) is 85.6. The predicted octanol–water partition coefficient (Wildman–Crippen LogP) is 17.5. The van der Waals surface area contributed by atoms with Gasteiger partial charge < -0.3 is 68.4 Å². The summed E-state index contributed by atoms with van der Waals surface area (Å²) >= 11 is 0. The van der Waals surface area contributed by atoms with Gasteiger partial charge in [0.15, 0.2) is 0 Å². The number of hydrogen-bond donors (Lipinski definition) is 0. The molecule has 35 heteroatoms. The molecule has 10 aromatic rings. The summed E-state index contributed by atoms with van der Waals surface area (Å²) in [6, 6.07) is 113. The number of anilines is 10. The van der Waals surface area contributed by atoms with Crippen LogP contribution in [0.5, 0.6) is 0 Å². The molecule has 10 radical (unpaired) electrons. The minimum Gasteiger partial charge on any atom is -0.437 e. The third kappa shape index (κ3) is 29.5. The van der Waals surface area contributed by atoms with Gasteiger partial charge in [0.2, 0.25) is 0 Å². The van der Waals surface area contributed by atoms with E-state index < -0.39 is 0 Å². The van der Waals surface area contributed by atoms with E-state index >= 15 is 0 Å². The molecule has 0 aliphatic carbocycles. The van der Waals surface area contributed by atoms with Crippen molar-refractivity contribution in [3.05, 3.63) is 303 Å². The largest absolute Gasteiger partial charge is 1.00 e. The van der Waals surface area contributed by atoms with Gasteiger partial charge in [-0.1, -0.05) is 268 Å². The molecule has 0 unspecified atom stereocenters. The number of para-hydroxylation sites is 10. The number of benzene rings is 10. The zero-order valence-corrected chi connectivity index (χ0v) is 95.6. The van der Waals surface area contributed by atoms with E-state index in [0.717, 1.165) is 26.2 Å². The molecule has 656 valence electrons. The fourth-order valence-electron chi connectivity index (χ4n) is 17.4. The van der Waals surface area contributed by atoms with Crippen LogP contribution in [0.1, 0.15) is 106 Å². The van der Waals surface area contributed by atoms with Crippen LogP contribution in [-0.4, -0.2) is 175 Å². The summed E-state index contributed by atoms with van der Waals surface area (Å²) in [5, 5.41) is 0. The van der Waals surface area contributed by atoms with E-state index in [2.05, 4.69) is 421 Å². The van der Waals surface area contributed by atoms with Gasteiger partial charge in [0, 0.05) is 28.4 Å². The normalized spacial score (nSPS) is 15.3. The molecule has 10 aromatic carbocycles. The summed E-state index contributed by atoms with van der Waals surface area (Å²) in [5.41, 5.74) is 12.6. The van der Waals surface area contributed by atoms with Crippen LogP contribution >= 0.6 is 0 Å². The van der Waals surface area contributed by atoms with Crippen molar-refractivity contribution < 1.29 is 99.0 Å². The first-order valence-corrected chi connectivity index (χ1v) is 50.1. The summed E-state index contributed by atoms with van der Waals surface area (Å²) in [7, 11) is -0.0950. The van der Waals surface area contributed by atoms with Gasteiger partial charge in [-0.15, -0.1) is 30.3 Å². The first kappa shape index (κ1) is 110. The predicted molar refractivity (Wildman–Crippen MR) is 548 cm³/mol. The second-order valence-electron chi connectivity index (χ2n) is 32.5. The molecular formula is C91H127B10N15Os5Si5. The van der Waals surface area contributed by atoms with Crippen molar-refractivity contribution >= 4 is 176 Å². The van der Waals surface area contributed by atoms with Crippen molar-refractivity contribution in [2.75, 3.05) is 70.9 Å². The Hall–Kier alpha value is -5.08. The fraction of sp³-hybridized carbons (Fsp3) is 0.341. The van der Waals surface area contributed by atoms with E-state index in [9.17, 15) is 0 Å². The van der Waals surface area contributed by atoms with Gasteiger partial charge in [-0.25, -0.2) is 0 Å². The molecule has 5 heterocycles. The Morgan fingerprint density at radius 1 is 0.222 bits per heavy atom. The van der Waals surface area contributed by atoms with Crippen molar-refractivity contribution in [1.82, 2.24) is 23.6 Å². The average Bonchev–Trinajstić information content (AvgIpc) is 0.932. The van der Waals surface area contributed by atoms with Crippen LogP contribution in [0.4, 0.5) is 56.9 Å². The molecule has 5 fully saturated rings. The van der Waals surface area contributed by atoms with Crippen molar-refractivity contribution in [3.8, 4) is 0 Å². The Bertz CT molecular complexity index is 4260. The van der Waals surface area contributed by atoms with Crippen molar-refractivity contribution in [2.24, 2.45) is 0 Å². The topological polar surface area (TPSA) is 48.6 Å². The molecule has 15 rings (SSSR count). The SMILES string of the molecule is CB1N(c2[c-]cccc2)[SiH]N(c2ccccc2)B(C)N1C(C)C.CCCCCCN1B(C)N(c2[c-]cccc2)[SiH]N(c2ccccc2)B1C.CCCCCN1B(C)N(c2[c-]cccc2)[SiH]N(c2ccccc2)B1C.CCCCN1B(C)N(c2[c-]cccc2)[SiH]N(c2ccccc2)B1C.CCCN1B(C)N(c2[c-]cccc2)[SiH]N(c2ccccc2)B1C.[Os+].[Os+].[Os+].[Os+].[Os+]. The van der Waals surface area contributed by atoms with Crippen molar-refractivity contribution in [1.29, 1.82) is 0 Å². The molecule has 0 saturated carbocycles. The maximum Gasteiger partial charge on any atom is 1.00 e. The molecule has 0 spiro atoms. The van der Waals surface area contributed by atoms with Crippen LogP contribution in [0.2, 0.25) is 68.2 Å². The number of unbranched alkanes of at least 4 members (excludes halogenated alkanes) is 6. The van der Waals surface area contributed by atoms with E-state index in [4.69, 9.17) is 0 Å². The number of hydrogen-bond acceptors (Lipinski definition) is 15. The first-order valence-electron chi connectivity index (χ1n) is 45.0. The van der Waals surface area contributed by atoms with Crippen molar-refractivity contribution in [2.45, 2.75) is 180 Å². The summed E-state index contributed by atoms with van der Waals surface area (Å²) in [4.78, 5) is 0. The molecule has 5 aliphatic rings. The molecule has 0 aromatic heterocycles. The quantitative estimate of drug-likeness (QED) is 0.0310. The standard InChI is InChI=1S/C20H29B2N3Si.C19H27B2N3Si.C18H25B2N3Si.2C17H23B2N3Si.5Os/c1-4-5-6-13-18-23-21(2)24(19-14-9-7-10-15-19)26-25(22(23)3)20-16-11-8-12-17-20;1-4-5-12-17-22-20(2)23(18-13-8-6-9-14-18)25-24(21(22)3)19-15-10-7-11-16-19;1-4-5-16-21-19(2)22(17-12-8-6-9-13-17)24-23(20(21)3)18-14-10-7-11-15-18;1-15(2)20-18(3)21(16-11-7-5-8-12-16)23-22(19(20)4)17-13-9-6-10-14-17;1-4-15-20-18(2)21(16-11-7-5-8-12-16)23-22(19(20)3)17-13-9-6-10-14-17;;;;;/h7-12,14-16,26H,4-6,13,18H2,1-3H3;6-11,13-15,25H,4-5,12,17H2,1-3H3;6-14,24H,4-5,16H2,1-3H3;5-13,15,23H,1-4H3;5-13,23H,4,15H2,1-3H3;;;;;/q5*-1;5*+1. The number of rotatable bonds is 25. The van der Waals surface area contributed by atoms with Gasteiger partial charge in [-0.2, -0.15) is 121 Å². The van der Waals surface area contributed by atoms with Gasteiger partial charge in [-0.3, -0.25) is 0 Å². The Kier molecular flexibility index (Phi) is 49.9. The minimum atomic E-state index is -0.0266. The molecule has 5 aliphatic heterocycles. The second kappa shape index (κ2) is 57.4. The molecule has 0 bridgehead atoms. The fourth-order valence-corrected chi connectivity index (χ4v) is 25.3. The Morgan fingerprint density at radius 3 is 0.651 bits per heavy atom. The summed E-state index contributed by atoms with van der Waals surface area (Å²) in [6.45, 7) is 45.6. The second-order valence-corrected chi connectivity index (χ2v) is 39.2. The van der Waals surface area contributed by atoms with E-state index in [0.29, 0.717) is 75.9 Å². The van der Waals surface area contributed by atoms with E-state index in [-0.39, 0.29) is 148 Å². The van der Waals surface area contributed by atoms with Gasteiger partial charge in [0.1, 0.15) is 0 Å². The maximum atomic E-state index is 3.45. The Labute approximate surface area is 844 Å². The molecule has 5 saturated heterocycles. The minimum absolute atomic E-state index is 0. The average molecular weight is 2630 g/mol. The van der Waals surface area contributed by atoms with Crippen molar-refractivity contribution in [3.63, 3.8) is 0 Å². The van der Waals surface area contributed by atoms with Crippen LogP contribution in [0.3, 0.4) is 0 Å². The third-order valence-corrected chi connectivity index (χ3v) is 33.9. The van der Waals surface area contributed by atoms with Gasteiger partial charge in [0.05, 0.1) is 0 Å². The van der Waals surface area contributed by atoms with Crippen LogP contribution in [0.15, 0.2) is 273 Å². The summed E-state index contributed by atoms with van der Waals surface area (Å²) < 4.78 is 38.5. The molecule has 15 nitrogen and oxygen atoms in total. The van der Waals surface area contributed by atoms with Crippen LogP contribution in [0.25, 0.3) is 0 Å². The molecule has 0 amide bonds. The van der Waals surface area contributed by atoms with E-state index in [1.807, 2.05) is 60.7 Å². The molecule has 126 heavy (non-hydrogen) atoms. The molecule has 0 N–H and O–H groups in total.